The number of thiazole rings is 1. The van der Waals surface area contributed by atoms with Crippen LogP contribution in [0.5, 0.6) is 0 Å². The van der Waals surface area contributed by atoms with Crippen molar-refractivity contribution in [1.29, 1.82) is 0 Å². The average Bonchev–Trinajstić information content (AvgIpc) is 2.92. The number of nitrogens with two attached hydrogens (primary N) is 1. The number of hydrazine groups is 1. The van der Waals surface area contributed by atoms with E-state index in [2.05, 4.69) is 21.2 Å². The second-order valence-corrected chi connectivity index (χ2v) is 5.56. The van der Waals surface area contributed by atoms with Crippen molar-refractivity contribution in [2.24, 2.45) is 5.73 Å². The third kappa shape index (κ3) is 4.69. The fourth-order valence-corrected chi connectivity index (χ4v) is 2.37. The van der Waals surface area contributed by atoms with Crippen molar-refractivity contribution < 1.29 is 4.79 Å². The van der Waals surface area contributed by atoms with Gasteiger partial charge >= 0.3 is 0 Å². The zero-order valence-corrected chi connectivity index (χ0v) is 13.0. The number of benzene rings is 1. The van der Waals surface area contributed by atoms with E-state index in [1.807, 2.05) is 29.6 Å². The summed E-state index contributed by atoms with van der Waals surface area (Å²) in [6.45, 7) is 2.00. The molecule has 0 unspecified atom stereocenters. The summed E-state index contributed by atoms with van der Waals surface area (Å²) in [5, 5.41) is 5.53. The van der Waals surface area contributed by atoms with Crippen LogP contribution in [0.1, 0.15) is 12.5 Å². The number of anilines is 1. The van der Waals surface area contributed by atoms with Crippen molar-refractivity contribution in [2.75, 3.05) is 5.43 Å². The maximum Gasteiger partial charge on any atom is 0.217 e. The minimum atomic E-state index is -0.0515. The number of nitrogens with zero attached hydrogens (tertiary/aromatic N) is 1. The van der Waals surface area contributed by atoms with Gasteiger partial charge in [0.25, 0.3) is 0 Å². The van der Waals surface area contributed by atoms with Crippen LogP contribution >= 0.6 is 23.6 Å². The topological polar surface area (TPSA) is 92.1 Å². The smallest absolute Gasteiger partial charge is 0.217 e. The first-order valence-electron chi connectivity index (χ1n) is 6.15. The standard InChI is InChI=1S/C13H15N5OS2/c1-8(19)15-6-9-3-2-4-10(5-9)11-7-21-13(16-11)18-17-12(14)20/h2-5,7H,6H2,1H3,(H,15,19)(H,16,18)(H3,14,17,20). The van der Waals surface area contributed by atoms with Crippen LogP contribution < -0.4 is 21.9 Å². The summed E-state index contributed by atoms with van der Waals surface area (Å²) >= 11 is 6.15. The highest BCUT2D eigenvalue weighted by Crippen LogP contribution is 2.25. The van der Waals surface area contributed by atoms with Crippen molar-refractivity contribution in [3.63, 3.8) is 0 Å². The summed E-state index contributed by atoms with van der Waals surface area (Å²) in [7, 11) is 0. The lowest BCUT2D eigenvalue weighted by molar-refractivity contribution is -0.119. The molecule has 0 saturated carbocycles. The van der Waals surface area contributed by atoms with Gasteiger partial charge in [-0.2, -0.15) is 0 Å². The lowest BCUT2D eigenvalue weighted by Crippen LogP contribution is -2.33. The lowest BCUT2D eigenvalue weighted by Gasteiger charge is -2.05. The Balaban J connectivity index is 2.09. The number of hydrogen-bond acceptors (Lipinski definition) is 5. The van der Waals surface area contributed by atoms with Gasteiger partial charge in [-0.3, -0.25) is 15.6 Å². The highest BCUT2D eigenvalue weighted by molar-refractivity contribution is 7.80. The minimum Gasteiger partial charge on any atom is -0.375 e. The fraction of sp³-hybridized carbons (Fsp3) is 0.154. The van der Waals surface area contributed by atoms with Gasteiger partial charge in [0.2, 0.25) is 11.0 Å². The van der Waals surface area contributed by atoms with Gasteiger partial charge < -0.3 is 11.1 Å². The Labute approximate surface area is 131 Å². The summed E-state index contributed by atoms with van der Waals surface area (Å²) in [5.41, 5.74) is 13.6. The van der Waals surface area contributed by atoms with Gasteiger partial charge in [0, 0.05) is 24.4 Å². The van der Waals surface area contributed by atoms with Crippen LogP contribution in [0.2, 0.25) is 0 Å². The number of amides is 1. The maximum atomic E-state index is 10.9. The first-order valence-corrected chi connectivity index (χ1v) is 7.44. The number of thiocarbonyl (C=S) groups is 1. The fourth-order valence-electron chi connectivity index (χ4n) is 1.65. The number of hydrogen-bond donors (Lipinski definition) is 4. The van der Waals surface area contributed by atoms with E-state index in [1.54, 1.807) is 0 Å². The molecule has 21 heavy (non-hydrogen) atoms. The van der Waals surface area contributed by atoms with E-state index in [0.717, 1.165) is 16.8 Å². The molecule has 1 heterocycles. The molecule has 8 heteroatoms. The zero-order chi connectivity index (χ0) is 15.2. The van der Waals surface area contributed by atoms with E-state index < -0.39 is 0 Å². The molecule has 1 amide bonds. The Morgan fingerprint density at radius 3 is 3.00 bits per heavy atom. The van der Waals surface area contributed by atoms with Crippen LogP contribution in [0.3, 0.4) is 0 Å². The largest absolute Gasteiger partial charge is 0.375 e. The second-order valence-electron chi connectivity index (χ2n) is 4.26. The Morgan fingerprint density at radius 1 is 1.48 bits per heavy atom. The molecule has 6 nitrogen and oxygen atoms in total. The monoisotopic (exact) mass is 321 g/mol. The third-order valence-corrected chi connectivity index (χ3v) is 3.42. The molecule has 0 fully saturated rings. The molecule has 0 saturated heterocycles. The second kappa shape index (κ2) is 7.00. The molecule has 0 radical (unpaired) electrons. The minimum absolute atomic E-state index is 0.0515. The molecule has 0 spiro atoms. The van der Waals surface area contributed by atoms with Crippen LogP contribution in [-0.4, -0.2) is 16.0 Å². The number of nitrogens with one attached hydrogen (secondary N) is 3. The number of carbonyl (C=O) groups is 1. The van der Waals surface area contributed by atoms with E-state index in [0.29, 0.717) is 11.7 Å². The number of carbonyl (C=O) groups excluding carboxylic acids is 1. The highest BCUT2D eigenvalue weighted by atomic mass is 32.1. The SMILES string of the molecule is CC(=O)NCc1cccc(-c2csc(NNC(N)=S)n2)c1. The molecular weight excluding hydrogens is 306 g/mol. The Morgan fingerprint density at radius 2 is 2.29 bits per heavy atom. The molecular formula is C13H15N5OS2. The molecule has 0 aliphatic rings. The molecule has 0 aliphatic carbocycles. The highest BCUT2D eigenvalue weighted by Gasteiger charge is 2.05. The lowest BCUT2D eigenvalue weighted by atomic mass is 10.1. The Kier molecular flexibility index (Phi) is 5.07. The third-order valence-electron chi connectivity index (χ3n) is 2.56. The zero-order valence-electron chi connectivity index (χ0n) is 11.3. The summed E-state index contributed by atoms with van der Waals surface area (Å²) in [4.78, 5) is 15.4. The van der Waals surface area contributed by atoms with Crippen LogP contribution in [0.25, 0.3) is 11.3 Å². The van der Waals surface area contributed by atoms with Crippen molar-refractivity contribution >= 4 is 39.7 Å². The summed E-state index contributed by atoms with van der Waals surface area (Å²) in [5.74, 6) is -0.0515. The number of rotatable bonds is 5. The van der Waals surface area contributed by atoms with Crippen molar-refractivity contribution in [3.8, 4) is 11.3 Å². The summed E-state index contributed by atoms with van der Waals surface area (Å²) in [6, 6.07) is 7.86. The normalized spacial score (nSPS) is 9.95. The van der Waals surface area contributed by atoms with Crippen molar-refractivity contribution in [3.05, 3.63) is 35.2 Å². The maximum absolute atomic E-state index is 10.9. The molecule has 110 valence electrons. The first-order chi connectivity index (χ1) is 10.0. The average molecular weight is 321 g/mol. The van der Waals surface area contributed by atoms with Gasteiger partial charge in [0.1, 0.15) is 0 Å². The van der Waals surface area contributed by atoms with E-state index in [-0.39, 0.29) is 11.0 Å². The molecule has 0 atom stereocenters. The Hall–Kier alpha value is -2.19. The quantitative estimate of drug-likeness (QED) is 0.494. The van der Waals surface area contributed by atoms with Gasteiger partial charge in [0.05, 0.1) is 5.69 Å². The van der Waals surface area contributed by atoms with Gasteiger partial charge in [-0.25, -0.2) is 4.98 Å². The van der Waals surface area contributed by atoms with E-state index in [4.69, 9.17) is 18.0 Å². The molecule has 0 aliphatic heterocycles. The molecule has 1 aromatic heterocycles. The molecule has 0 bridgehead atoms. The number of aromatic nitrogens is 1. The van der Waals surface area contributed by atoms with Gasteiger partial charge in [-0.15, -0.1) is 11.3 Å². The Bertz CT molecular complexity index is 656. The molecule has 2 aromatic rings. The van der Waals surface area contributed by atoms with Gasteiger partial charge in [-0.05, 0) is 23.8 Å². The first kappa shape index (κ1) is 15.2. The molecule has 2 rings (SSSR count). The summed E-state index contributed by atoms with van der Waals surface area (Å²) in [6.07, 6.45) is 0. The van der Waals surface area contributed by atoms with Crippen molar-refractivity contribution in [1.82, 2.24) is 15.7 Å². The van der Waals surface area contributed by atoms with Gasteiger partial charge in [0.15, 0.2) is 5.11 Å². The van der Waals surface area contributed by atoms with E-state index >= 15 is 0 Å². The summed E-state index contributed by atoms with van der Waals surface area (Å²) < 4.78 is 0. The van der Waals surface area contributed by atoms with Crippen LogP contribution in [0, 0.1) is 0 Å². The van der Waals surface area contributed by atoms with Crippen LogP contribution in [0.4, 0.5) is 5.13 Å². The van der Waals surface area contributed by atoms with Crippen LogP contribution in [0.15, 0.2) is 29.6 Å². The van der Waals surface area contributed by atoms with Crippen molar-refractivity contribution in [2.45, 2.75) is 13.5 Å². The predicted molar refractivity (Wildman–Crippen MR) is 88.6 cm³/mol. The van der Waals surface area contributed by atoms with Crippen LogP contribution in [-0.2, 0) is 11.3 Å². The van der Waals surface area contributed by atoms with E-state index in [9.17, 15) is 4.79 Å². The predicted octanol–water partition coefficient (Wildman–Crippen LogP) is 1.61. The molecule has 5 N–H and O–H groups in total. The van der Waals surface area contributed by atoms with Gasteiger partial charge in [-0.1, -0.05) is 18.2 Å². The molecule has 1 aromatic carbocycles. The van der Waals surface area contributed by atoms with E-state index in [1.165, 1.54) is 18.3 Å².